The molecule has 0 saturated heterocycles. The number of hydrogen-bond donors (Lipinski definition) is 1. The van der Waals surface area contributed by atoms with E-state index < -0.39 is 0 Å². The van der Waals surface area contributed by atoms with E-state index in [0.717, 1.165) is 30.5 Å². The average molecular weight is 234 g/mol. The predicted molar refractivity (Wildman–Crippen MR) is 69.3 cm³/mol. The van der Waals surface area contributed by atoms with Crippen molar-refractivity contribution in [3.63, 3.8) is 0 Å². The molecule has 0 bridgehead atoms. The summed E-state index contributed by atoms with van der Waals surface area (Å²) in [7, 11) is 0. The highest BCUT2D eigenvalue weighted by Crippen LogP contribution is 2.33. The minimum Gasteiger partial charge on any atom is -0.478 e. The standard InChI is InChI=1S/C14H22N2O/c1-3-15-13(11-8-9-11)10-12-6-5-7-14(16-12)17-4-2/h5-7,11,13,15H,3-4,8-10H2,1-2H3. The molecule has 1 aromatic rings. The Kier molecular flexibility index (Phi) is 4.37. The molecule has 0 aromatic carbocycles. The van der Waals surface area contributed by atoms with Crippen LogP contribution in [0.2, 0.25) is 0 Å². The van der Waals surface area contributed by atoms with Gasteiger partial charge >= 0.3 is 0 Å². The van der Waals surface area contributed by atoms with Gasteiger partial charge in [-0.1, -0.05) is 13.0 Å². The van der Waals surface area contributed by atoms with E-state index in [-0.39, 0.29) is 0 Å². The lowest BCUT2D eigenvalue weighted by molar-refractivity contribution is 0.325. The first kappa shape index (κ1) is 12.4. The summed E-state index contributed by atoms with van der Waals surface area (Å²) >= 11 is 0. The third-order valence-electron chi connectivity index (χ3n) is 3.16. The van der Waals surface area contributed by atoms with Crippen molar-refractivity contribution in [3.8, 4) is 5.88 Å². The minimum atomic E-state index is 0.587. The van der Waals surface area contributed by atoms with Gasteiger partial charge in [-0.25, -0.2) is 4.98 Å². The molecular weight excluding hydrogens is 212 g/mol. The van der Waals surface area contributed by atoms with Crippen LogP contribution in [0.15, 0.2) is 18.2 Å². The number of hydrogen-bond acceptors (Lipinski definition) is 3. The van der Waals surface area contributed by atoms with Gasteiger partial charge in [-0.05, 0) is 38.3 Å². The largest absolute Gasteiger partial charge is 0.478 e. The summed E-state index contributed by atoms with van der Waals surface area (Å²) in [5, 5.41) is 3.56. The van der Waals surface area contributed by atoms with Crippen molar-refractivity contribution in [2.45, 2.75) is 39.2 Å². The predicted octanol–water partition coefficient (Wildman–Crippen LogP) is 2.41. The molecule has 3 heteroatoms. The molecule has 0 spiro atoms. The van der Waals surface area contributed by atoms with E-state index in [2.05, 4.69) is 23.3 Å². The second kappa shape index (κ2) is 6.01. The lowest BCUT2D eigenvalue weighted by atomic mass is 10.1. The monoisotopic (exact) mass is 234 g/mol. The summed E-state index contributed by atoms with van der Waals surface area (Å²) in [5.74, 6) is 1.60. The molecule has 1 aliphatic carbocycles. The topological polar surface area (TPSA) is 34.1 Å². The van der Waals surface area contributed by atoms with E-state index >= 15 is 0 Å². The molecule has 1 saturated carbocycles. The van der Waals surface area contributed by atoms with Crippen molar-refractivity contribution in [3.05, 3.63) is 23.9 Å². The van der Waals surface area contributed by atoms with Crippen LogP contribution in [0.1, 0.15) is 32.4 Å². The SMILES string of the molecule is CCNC(Cc1cccc(OCC)n1)C1CC1. The molecule has 3 nitrogen and oxygen atoms in total. The number of rotatable bonds is 7. The quantitative estimate of drug-likeness (QED) is 0.786. The summed E-state index contributed by atoms with van der Waals surface area (Å²) in [4.78, 5) is 4.53. The molecule has 0 aliphatic heterocycles. The normalized spacial score (nSPS) is 16.8. The highest BCUT2D eigenvalue weighted by Gasteiger charge is 2.30. The number of likely N-dealkylation sites (N-methyl/N-ethyl adjacent to an activating group) is 1. The van der Waals surface area contributed by atoms with Crippen LogP contribution in [-0.2, 0) is 6.42 Å². The molecule has 1 fully saturated rings. The van der Waals surface area contributed by atoms with Gasteiger partial charge in [-0.3, -0.25) is 0 Å². The van der Waals surface area contributed by atoms with Crippen LogP contribution in [0.3, 0.4) is 0 Å². The molecule has 1 heterocycles. The van der Waals surface area contributed by atoms with Crippen LogP contribution in [0, 0.1) is 5.92 Å². The first-order valence-electron chi connectivity index (χ1n) is 6.65. The molecule has 1 aliphatic rings. The van der Waals surface area contributed by atoms with Crippen molar-refractivity contribution in [2.24, 2.45) is 5.92 Å². The van der Waals surface area contributed by atoms with Crippen molar-refractivity contribution in [2.75, 3.05) is 13.2 Å². The molecule has 1 unspecified atom stereocenters. The van der Waals surface area contributed by atoms with Crippen LogP contribution in [-0.4, -0.2) is 24.2 Å². The van der Waals surface area contributed by atoms with Crippen molar-refractivity contribution >= 4 is 0 Å². The number of pyridine rings is 1. The highest BCUT2D eigenvalue weighted by atomic mass is 16.5. The summed E-state index contributed by atoms with van der Waals surface area (Å²) < 4.78 is 5.43. The van der Waals surface area contributed by atoms with Gasteiger partial charge in [-0.15, -0.1) is 0 Å². The number of nitrogens with one attached hydrogen (secondary N) is 1. The van der Waals surface area contributed by atoms with Crippen LogP contribution in [0.5, 0.6) is 5.88 Å². The number of nitrogens with zero attached hydrogens (tertiary/aromatic N) is 1. The molecule has 2 rings (SSSR count). The third-order valence-corrected chi connectivity index (χ3v) is 3.16. The van der Waals surface area contributed by atoms with Crippen molar-refractivity contribution in [1.29, 1.82) is 0 Å². The second-order valence-corrected chi connectivity index (χ2v) is 4.61. The Balaban J connectivity index is 1.97. The van der Waals surface area contributed by atoms with Crippen molar-refractivity contribution < 1.29 is 4.74 Å². The second-order valence-electron chi connectivity index (χ2n) is 4.61. The average Bonchev–Trinajstić information content (AvgIpc) is 3.13. The Morgan fingerprint density at radius 2 is 2.24 bits per heavy atom. The molecular formula is C14H22N2O. The van der Waals surface area contributed by atoms with Gasteiger partial charge in [0.15, 0.2) is 0 Å². The van der Waals surface area contributed by atoms with E-state index in [0.29, 0.717) is 12.6 Å². The molecule has 0 amide bonds. The van der Waals surface area contributed by atoms with Crippen LogP contribution in [0.4, 0.5) is 0 Å². The zero-order valence-corrected chi connectivity index (χ0v) is 10.8. The fourth-order valence-electron chi connectivity index (χ4n) is 2.19. The van der Waals surface area contributed by atoms with Gasteiger partial charge in [0, 0.05) is 24.2 Å². The summed E-state index contributed by atoms with van der Waals surface area (Å²) in [6, 6.07) is 6.63. The first-order valence-corrected chi connectivity index (χ1v) is 6.65. The highest BCUT2D eigenvalue weighted by molar-refractivity contribution is 5.17. The van der Waals surface area contributed by atoms with E-state index in [1.807, 2.05) is 19.1 Å². The fourth-order valence-corrected chi connectivity index (χ4v) is 2.19. The van der Waals surface area contributed by atoms with Gasteiger partial charge in [0.2, 0.25) is 5.88 Å². The van der Waals surface area contributed by atoms with Gasteiger partial charge in [-0.2, -0.15) is 0 Å². The lowest BCUT2D eigenvalue weighted by Crippen LogP contribution is -2.33. The first-order chi connectivity index (χ1) is 8.33. The molecule has 1 aromatic heterocycles. The summed E-state index contributed by atoms with van der Waals surface area (Å²) in [6.45, 7) is 5.86. The number of ether oxygens (including phenoxy) is 1. The molecule has 94 valence electrons. The Hall–Kier alpha value is -1.09. The van der Waals surface area contributed by atoms with Gasteiger partial charge in [0.05, 0.1) is 6.61 Å². The lowest BCUT2D eigenvalue weighted by Gasteiger charge is -2.16. The maximum atomic E-state index is 5.43. The van der Waals surface area contributed by atoms with E-state index in [4.69, 9.17) is 4.74 Å². The fraction of sp³-hybridized carbons (Fsp3) is 0.643. The Morgan fingerprint density at radius 3 is 2.88 bits per heavy atom. The summed E-state index contributed by atoms with van der Waals surface area (Å²) in [5.41, 5.74) is 1.13. The summed E-state index contributed by atoms with van der Waals surface area (Å²) in [6.07, 6.45) is 3.74. The minimum absolute atomic E-state index is 0.587. The molecule has 17 heavy (non-hydrogen) atoms. The molecule has 0 radical (unpaired) electrons. The Labute approximate surface area is 104 Å². The van der Waals surface area contributed by atoms with Crippen LogP contribution in [0.25, 0.3) is 0 Å². The van der Waals surface area contributed by atoms with E-state index in [1.54, 1.807) is 0 Å². The number of aromatic nitrogens is 1. The molecule has 1 atom stereocenters. The van der Waals surface area contributed by atoms with Gasteiger partial charge in [0.1, 0.15) is 0 Å². The van der Waals surface area contributed by atoms with Crippen molar-refractivity contribution in [1.82, 2.24) is 10.3 Å². The maximum Gasteiger partial charge on any atom is 0.213 e. The molecule has 1 N–H and O–H groups in total. The Bertz CT molecular complexity index is 350. The van der Waals surface area contributed by atoms with Gasteiger partial charge < -0.3 is 10.1 Å². The van der Waals surface area contributed by atoms with E-state index in [1.165, 1.54) is 12.8 Å². The van der Waals surface area contributed by atoms with Crippen LogP contribution >= 0.6 is 0 Å². The zero-order valence-electron chi connectivity index (χ0n) is 10.8. The van der Waals surface area contributed by atoms with E-state index in [9.17, 15) is 0 Å². The smallest absolute Gasteiger partial charge is 0.213 e. The Morgan fingerprint density at radius 1 is 1.41 bits per heavy atom. The van der Waals surface area contributed by atoms with Crippen LogP contribution < -0.4 is 10.1 Å². The van der Waals surface area contributed by atoms with Gasteiger partial charge in [0.25, 0.3) is 0 Å². The zero-order chi connectivity index (χ0) is 12.1. The maximum absolute atomic E-state index is 5.43. The third kappa shape index (κ3) is 3.70.